The summed E-state index contributed by atoms with van der Waals surface area (Å²) in [5.41, 5.74) is 15.7. The third kappa shape index (κ3) is 8.18. The number of benzene rings is 3. The van der Waals surface area contributed by atoms with Crippen LogP contribution in [0.3, 0.4) is 0 Å². The molecule has 0 saturated heterocycles. The van der Waals surface area contributed by atoms with Crippen molar-refractivity contribution in [3.05, 3.63) is 175 Å². The quantitative estimate of drug-likeness (QED) is 0.144. The molecule has 0 atom stereocenters. The summed E-state index contributed by atoms with van der Waals surface area (Å²) in [5.74, 6) is 0. The van der Waals surface area contributed by atoms with Crippen LogP contribution in [0, 0.1) is 0 Å². The number of hydrogen-bond donors (Lipinski definition) is 1. The fourth-order valence-electron chi connectivity index (χ4n) is 6.14. The highest BCUT2D eigenvalue weighted by Gasteiger charge is 2.29. The molecule has 0 radical (unpaired) electrons. The van der Waals surface area contributed by atoms with Gasteiger partial charge in [-0.15, -0.1) is 0 Å². The Morgan fingerprint density at radius 2 is 1.28 bits per heavy atom. The molecule has 0 saturated carbocycles. The van der Waals surface area contributed by atoms with Crippen LogP contribution in [0.2, 0.25) is 0 Å². The molecule has 0 aliphatic rings. The smallest absolute Gasteiger partial charge is 0.00846 e. The molecule has 0 aliphatic carbocycles. The molecule has 1 heterocycles. The molecule has 238 valence electrons. The van der Waals surface area contributed by atoms with E-state index < -0.39 is 0 Å². The van der Waals surface area contributed by atoms with E-state index in [1.165, 1.54) is 61.2 Å². The Morgan fingerprint density at radius 3 is 1.81 bits per heavy atom. The van der Waals surface area contributed by atoms with Gasteiger partial charge in [-0.1, -0.05) is 153 Å². The lowest BCUT2D eigenvalue weighted by molar-refractivity contribution is 0.972. The van der Waals surface area contributed by atoms with Crippen molar-refractivity contribution in [3.63, 3.8) is 0 Å². The van der Waals surface area contributed by atoms with Crippen LogP contribution in [-0.2, 0) is 0 Å². The maximum absolute atomic E-state index is 4.05. The van der Waals surface area contributed by atoms with Crippen molar-refractivity contribution in [1.82, 2.24) is 4.98 Å². The highest BCUT2D eigenvalue weighted by molar-refractivity contribution is 6.10. The zero-order valence-corrected chi connectivity index (χ0v) is 29.0. The van der Waals surface area contributed by atoms with Gasteiger partial charge in [-0.25, -0.2) is 0 Å². The fourth-order valence-corrected chi connectivity index (χ4v) is 6.14. The van der Waals surface area contributed by atoms with Crippen LogP contribution >= 0.6 is 0 Å². The number of allylic oxidation sites excluding steroid dienone is 15. The lowest BCUT2D eigenvalue weighted by Crippen LogP contribution is -2.07. The SMILES string of the molecule is C=C/C=C\C(=C/C=C(C)C)c1c(C(/C=C\C)=C/C=C\C)c(-c2ccccc2)c(-c2cc[nH]c2)c(/C(=C/C)CCC)c1-c1ccccc1. The zero-order chi connectivity index (χ0) is 33.6. The van der Waals surface area contributed by atoms with E-state index >= 15 is 0 Å². The Bertz CT molecular complexity index is 1840. The van der Waals surface area contributed by atoms with E-state index in [0.29, 0.717) is 0 Å². The molecule has 1 nitrogen and oxygen atoms in total. The summed E-state index contributed by atoms with van der Waals surface area (Å²) < 4.78 is 0. The minimum Gasteiger partial charge on any atom is -0.367 e. The summed E-state index contributed by atoms with van der Waals surface area (Å²) in [6.45, 7) is 17.0. The number of hydrogen-bond acceptors (Lipinski definition) is 0. The molecule has 0 bridgehead atoms. The summed E-state index contributed by atoms with van der Waals surface area (Å²) in [5, 5.41) is 0. The van der Waals surface area contributed by atoms with Gasteiger partial charge in [0.25, 0.3) is 0 Å². The standard InChI is InChI=1S/C46H49N/c1-8-13-23-36(22-11-4)42-44(38-27-19-16-20-28-38)46(40-31-32-47-33-40)41(35(12-5)21-10-3)43(37-25-17-15-18-26-37)45(42)39(24-14-9-2)30-29-34(6)7/h8-9,11-20,22-33,47H,2,10,21H2,1,3-7H3/b13-8-,22-11-,24-14-,35-12+,36-23+,39-30+. The van der Waals surface area contributed by atoms with Crippen molar-refractivity contribution in [2.75, 3.05) is 0 Å². The molecule has 1 aromatic heterocycles. The first-order valence-corrected chi connectivity index (χ1v) is 16.7. The molecule has 4 rings (SSSR count). The molecule has 1 N–H and O–H groups in total. The van der Waals surface area contributed by atoms with E-state index in [-0.39, 0.29) is 0 Å². The maximum Gasteiger partial charge on any atom is 0.00846 e. The van der Waals surface area contributed by atoms with Gasteiger partial charge in [0.2, 0.25) is 0 Å². The number of H-pyrrole nitrogens is 1. The van der Waals surface area contributed by atoms with E-state index in [9.17, 15) is 0 Å². The van der Waals surface area contributed by atoms with E-state index in [2.05, 4.69) is 187 Å². The molecule has 0 aliphatic heterocycles. The average Bonchev–Trinajstić information content (AvgIpc) is 3.64. The number of nitrogens with one attached hydrogen (secondary N) is 1. The van der Waals surface area contributed by atoms with Crippen molar-refractivity contribution < 1.29 is 0 Å². The average molecular weight is 616 g/mol. The molecule has 47 heavy (non-hydrogen) atoms. The Morgan fingerprint density at radius 1 is 0.660 bits per heavy atom. The van der Waals surface area contributed by atoms with Crippen LogP contribution in [0.5, 0.6) is 0 Å². The third-order valence-corrected chi connectivity index (χ3v) is 8.10. The molecular formula is C46H49N. The minimum absolute atomic E-state index is 0.965. The lowest BCUT2D eigenvalue weighted by Gasteiger charge is -2.30. The first-order valence-electron chi connectivity index (χ1n) is 16.7. The van der Waals surface area contributed by atoms with Crippen LogP contribution in [-0.4, -0.2) is 4.98 Å². The number of aromatic amines is 1. The van der Waals surface area contributed by atoms with E-state index in [0.717, 1.165) is 24.0 Å². The second kappa shape index (κ2) is 17.5. The van der Waals surface area contributed by atoms with Crippen molar-refractivity contribution in [2.45, 2.75) is 54.4 Å². The van der Waals surface area contributed by atoms with Crippen LogP contribution in [0.15, 0.2) is 158 Å². The van der Waals surface area contributed by atoms with Gasteiger partial charge in [0.1, 0.15) is 0 Å². The Labute approximate surface area is 283 Å². The molecule has 1 heteroatoms. The highest BCUT2D eigenvalue weighted by atomic mass is 14.6. The topological polar surface area (TPSA) is 15.8 Å². The van der Waals surface area contributed by atoms with Crippen molar-refractivity contribution in [1.29, 1.82) is 0 Å². The predicted molar refractivity (Wildman–Crippen MR) is 210 cm³/mol. The van der Waals surface area contributed by atoms with Crippen LogP contribution in [0.1, 0.15) is 71.1 Å². The first kappa shape index (κ1) is 34.7. The molecule has 3 aromatic carbocycles. The lowest BCUT2D eigenvalue weighted by atomic mass is 9.73. The zero-order valence-electron chi connectivity index (χ0n) is 29.0. The normalized spacial score (nSPS) is 12.9. The molecular weight excluding hydrogens is 567 g/mol. The van der Waals surface area contributed by atoms with Crippen molar-refractivity contribution in [2.24, 2.45) is 0 Å². The van der Waals surface area contributed by atoms with Gasteiger partial charge in [-0.3, -0.25) is 0 Å². The maximum atomic E-state index is 4.05. The second-order valence-corrected chi connectivity index (χ2v) is 11.8. The summed E-state index contributed by atoms with van der Waals surface area (Å²) in [6.07, 6.45) is 30.0. The van der Waals surface area contributed by atoms with Gasteiger partial charge in [0.05, 0.1) is 0 Å². The Hall–Kier alpha value is -5.14. The molecule has 0 unspecified atom stereocenters. The first-order chi connectivity index (χ1) is 23.0. The fraction of sp³-hybridized carbons (Fsp3) is 0.174. The highest BCUT2D eigenvalue weighted by Crippen LogP contribution is 2.52. The van der Waals surface area contributed by atoms with Gasteiger partial charge >= 0.3 is 0 Å². The molecule has 0 amide bonds. The van der Waals surface area contributed by atoms with Crippen molar-refractivity contribution in [3.8, 4) is 33.4 Å². The molecule has 0 spiro atoms. The van der Waals surface area contributed by atoms with E-state index in [1.807, 2.05) is 12.3 Å². The van der Waals surface area contributed by atoms with Gasteiger partial charge in [-0.05, 0) is 108 Å². The monoisotopic (exact) mass is 615 g/mol. The van der Waals surface area contributed by atoms with E-state index in [1.54, 1.807) is 0 Å². The largest absolute Gasteiger partial charge is 0.367 e. The summed E-state index contributed by atoms with van der Waals surface area (Å²) >= 11 is 0. The van der Waals surface area contributed by atoms with Gasteiger partial charge in [0.15, 0.2) is 0 Å². The predicted octanol–water partition coefficient (Wildman–Crippen LogP) is 13.8. The van der Waals surface area contributed by atoms with Crippen LogP contribution in [0.4, 0.5) is 0 Å². The van der Waals surface area contributed by atoms with Crippen LogP contribution < -0.4 is 0 Å². The minimum atomic E-state index is 0.965. The van der Waals surface area contributed by atoms with Gasteiger partial charge < -0.3 is 4.98 Å². The number of rotatable bonds is 13. The third-order valence-electron chi connectivity index (χ3n) is 8.10. The Kier molecular flexibility index (Phi) is 13.0. The summed E-state index contributed by atoms with van der Waals surface area (Å²) in [7, 11) is 0. The van der Waals surface area contributed by atoms with E-state index in [4.69, 9.17) is 0 Å². The van der Waals surface area contributed by atoms with Crippen molar-refractivity contribution >= 4 is 16.7 Å². The molecule has 4 aromatic rings. The van der Waals surface area contributed by atoms with Crippen LogP contribution in [0.25, 0.3) is 50.1 Å². The molecule has 0 fully saturated rings. The Balaban J connectivity index is 2.54. The second-order valence-electron chi connectivity index (χ2n) is 11.8. The summed E-state index contributed by atoms with van der Waals surface area (Å²) in [4.78, 5) is 3.39. The summed E-state index contributed by atoms with van der Waals surface area (Å²) in [6, 6.07) is 24.0. The number of aromatic nitrogens is 1. The van der Waals surface area contributed by atoms with Gasteiger partial charge in [-0.2, -0.15) is 0 Å². The van der Waals surface area contributed by atoms with Gasteiger partial charge in [0, 0.05) is 18.0 Å².